The Hall–Kier alpha value is -1.20. The second kappa shape index (κ2) is 3.27. The number of hydrogen-bond acceptors (Lipinski definition) is 2. The molecule has 66 valence electrons. The zero-order valence-corrected chi connectivity index (χ0v) is 7.80. The topological polar surface area (TPSA) is 35.8 Å². The van der Waals surface area contributed by atoms with Gasteiger partial charge in [-0.3, -0.25) is 0 Å². The molecule has 1 aliphatic rings. The van der Waals surface area contributed by atoms with Crippen molar-refractivity contribution in [2.24, 2.45) is 0 Å². The minimum absolute atomic E-state index is 0.562. The molecule has 0 amide bonds. The third-order valence-corrected chi connectivity index (χ3v) is 2.36. The normalized spacial score (nSPS) is 15.1. The second-order valence-electron chi connectivity index (χ2n) is 3.23. The number of halogens is 1. The van der Waals surface area contributed by atoms with Crippen LogP contribution in [0.5, 0.6) is 0 Å². The number of anilines is 1. The van der Waals surface area contributed by atoms with Crippen molar-refractivity contribution < 1.29 is 0 Å². The maximum absolute atomic E-state index is 8.68. The monoisotopic (exact) mass is 192 g/mol. The lowest BCUT2D eigenvalue weighted by Crippen LogP contribution is -2.01. The van der Waals surface area contributed by atoms with E-state index in [-0.39, 0.29) is 0 Å². The van der Waals surface area contributed by atoms with Crippen LogP contribution in [-0.4, -0.2) is 6.04 Å². The van der Waals surface area contributed by atoms with E-state index in [9.17, 15) is 0 Å². The van der Waals surface area contributed by atoms with Crippen LogP contribution >= 0.6 is 11.6 Å². The van der Waals surface area contributed by atoms with Gasteiger partial charge in [0.05, 0.1) is 22.3 Å². The highest BCUT2D eigenvalue weighted by atomic mass is 35.5. The van der Waals surface area contributed by atoms with Gasteiger partial charge < -0.3 is 5.32 Å². The number of hydrogen-bond donors (Lipinski definition) is 1. The van der Waals surface area contributed by atoms with E-state index in [1.807, 2.05) is 0 Å². The number of nitrogens with one attached hydrogen (secondary N) is 1. The van der Waals surface area contributed by atoms with Gasteiger partial charge in [-0.25, -0.2) is 0 Å². The fourth-order valence-corrected chi connectivity index (χ4v) is 1.33. The summed E-state index contributed by atoms with van der Waals surface area (Å²) in [4.78, 5) is 0. The first-order chi connectivity index (χ1) is 6.29. The van der Waals surface area contributed by atoms with Crippen LogP contribution in [0.2, 0.25) is 5.02 Å². The average Bonchev–Trinajstić information content (AvgIpc) is 2.93. The second-order valence-corrected chi connectivity index (χ2v) is 3.63. The van der Waals surface area contributed by atoms with Crippen LogP contribution in [0.25, 0.3) is 0 Å². The first-order valence-corrected chi connectivity index (χ1v) is 4.63. The van der Waals surface area contributed by atoms with Gasteiger partial charge in [-0.15, -0.1) is 0 Å². The summed E-state index contributed by atoms with van der Waals surface area (Å²) in [6, 6.07) is 7.92. The summed E-state index contributed by atoms with van der Waals surface area (Å²) in [5.41, 5.74) is 1.52. The van der Waals surface area contributed by atoms with Crippen molar-refractivity contribution >= 4 is 17.3 Å². The Bertz CT molecular complexity index is 364. The zero-order valence-electron chi connectivity index (χ0n) is 7.05. The van der Waals surface area contributed by atoms with Gasteiger partial charge in [0.15, 0.2) is 0 Å². The molecule has 1 N–H and O–H groups in total. The molecule has 13 heavy (non-hydrogen) atoms. The Balaban J connectivity index is 2.25. The fraction of sp³-hybridized carbons (Fsp3) is 0.300. The number of rotatable bonds is 2. The summed E-state index contributed by atoms with van der Waals surface area (Å²) in [6.45, 7) is 0. The zero-order chi connectivity index (χ0) is 9.26. The van der Waals surface area contributed by atoms with Crippen LogP contribution in [0.4, 0.5) is 5.69 Å². The summed E-state index contributed by atoms with van der Waals surface area (Å²) in [5.74, 6) is 0. The predicted molar refractivity (Wildman–Crippen MR) is 52.8 cm³/mol. The van der Waals surface area contributed by atoms with Gasteiger partial charge in [-0.1, -0.05) is 11.6 Å². The van der Waals surface area contributed by atoms with Gasteiger partial charge in [-0.2, -0.15) is 5.26 Å². The standard InChI is InChI=1S/C10H9ClN2/c11-9-4-1-7(6-12)5-10(9)13-8-2-3-8/h1,4-5,8,13H,2-3H2. The summed E-state index contributed by atoms with van der Waals surface area (Å²) >= 11 is 5.95. The third-order valence-electron chi connectivity index (χ3n) is 2.03. The van der Waals surface area contributed by atoms with E-state index >= 15 is 0 Å². The van der Waals surface area contributed by atoms with Crippen LogP contribution in [0.15, 0.2) is 18.2 Å². The summed E-state index contributed by atoms with van der Waals surface area (Å²) in [6.07, 6.45) is 2.40. The van der Waals surface area contributed by atoms with E-state index in [1.165, 1.54) is 12.8 Å². The SMILES string of the molecule is N#Cc1ccc(Cl)c(NC2CC2)c1. The lowest BCUT2D eigenvalue weighted by atomic mass is 10.2. The first-order valence-electron chi connectivity index (χ1n) is 4.26. The summed E-state index contributed by atoms with van der Waals surface area (Å²) in [7, 11) is 0. The molecule has 1 saturated carbocycles. The van der Waals surface area contributed by atoms with Crippen LogP contribution in [0.1, 0.15) is 18.4 Å². The van der Waals surface area contributed by atoms with E-state index < -0.39 is 0 Å². The average molecular weight is 193 g/mol. The summed E-state index contributed by atoms with van der Waals surface area (Å²) in [5, 5.41) is 12.6. The Morgan fingerprint density at radius 1 is 1.46 bits per heavy atom. The third kappa shape index (κ3) is 1.93. The molecule has 0 heterocycles. The maximum atomic E-state index is 8.68. The largest absolute Gasteiger partial charge is 0.381 e. The van der Waals surface area contributed by atoms with Crippen LogP contribution in [0.3, 0.4) is 0 Å². The molecule has 2 rings (SSSR count). The Morgan fingerprint density at radius 3 is 2.85 bits per heavy atom. The molecular weight excluding hydrogens is 184 g/mol. The molecule has 0 bridgehead atoms. The van der Waals surface area contributed by atoms with Gasteiger partial charge in [0.2, 0.25) is 0 Å². The predicted octanol–water partition coefficient (Wildman–Crippen LogP) is 2.79. The quantitative estimate of drug-likeness (QED) is 0.782. The Morgan fingerprint density at radius 2 is 2.23 bits per heavy atom. The molecule has 0 unspecified atom stereocenters. The molecule has 0 radical (unpaired) electrons. The molecule has 1 aromatic carbocycles. The molecule has 1 aliphatic carbocycles. The van der Waals surface area contributed by atoms with E-state index in [0.717, 1.165) is 5.69 Å². The van der Waals surface area contributed by atoms with E-state index in [4.69, 9.17) is 16.9 Å². The van der Waals surface area contributed by atoms with Crippen LogP contribution < -0.4 is 5.32 Å². The minimum Gasteiger partial charge on any atom is -0.381 e. The Labute approximate surface area is 82.1 Å². The van der Waals surface area contributed by atoms with Crippen molar-refractivity contribution in [3.05, 3.63) is 28.8 Å². The van der Waals surface area contributed by atoms with Crippen molar-refractivity contribution in [1.82, 2.24) is 0 Å². The molecule has 1 fully saturated rings. The molecule has 0 atom stereocenters. The number of benzene rings is 1. The van der Waals surface area contributed by atoms with Crippen molar-refractivity contribution in [1.29, 1.82) is 5.26 Å². The Kier molecular flexibility index (Phi) is 2.12. The molecule has 3 heteroatoms. The van der Waals surface area contributed by atoms with Gasteiger partial charge in [0.25, 0.3) is 0 Å². The van der Waals surface area contributed by atoms with Crippen molar-refractivity contribution in [3.8, 4) is 6.07 Å². The first kappa shape index (κ1) is 8.40. The molecular formula is C10H9ClN2. The van der Waals surface area contributed by atoms with Gasteiger partial charge in [-0.05, 0) is 31.0 Å². The van der Waals surface area contributed by atoms with Crippen molar-refractivity contribution in [3.63, 3.8) is 0 Å². The molecule has 0 spiro atoms. The van der Waals surface area contributed by atoms with Gasteiger partial charge in [0, 0.05) is 6.04 Å². The van der Waals surface area contributed by atoms with E-state index in [2.05, 4.69) is 11.4 Å². The fourth-order valence-electron chi connectivity index (χ4n) is 1.15. The highest BCUT2D eigenvalue weighted by molar-refractivity contribution is 6.33. The minimum atomic E-state index is 0.562. The molecule has 2 nitrogen and oxygen atoms in total. The highest BCUT2D eigenvalue weighted by Crippen LogP contribution is 2.29. The van der Waals surface area contributed by atoms with Gasteiger partial charge in [0.1, 0.15) is 0 Å². The van der Waals surface area contributed by atoms with Crippen molar-refractivity contribution in [2.75, 3.05) is 5.32 Å². The molecule has 0 saturated heterocycles. The lowest BCUT2D eigenvalue weighted by Gasteiger charge is -2.06. The van der Waals surface area contributed by atoms with Crippen molar-refractivity contribution in [2.45, 2.75) is 18.9 Å². The van der Waals surface area contributed by atoms with Crippen LogP contribution in [-0.2, 0) is 0 Å². The lowest BCUT2D eigenvalue weighted by molar-refractivity contribution is 1.16. The molecule has 0 aliphatic heterocycles. The highest BCUT2D eigenvalue weighted by Gasteiger charge is 2.21. The van der Waals surface area contributed by atoms with E-state index in [1.54, 1.807) is 18.2 Å². The number of nitrogens with zero attached hydrogens (tertiary/aromatic N) is 1. The summed E-state index contributed by atoms with van der Waals surface area (Å²) < 4.78 is 0. The maximum Gasteiger partial charge on any atom is 0.0992 e. The van der Waals surface area contributed by atoms with Crippen LogP contribution in [0, 0.1) is 11.3 Å². The van der Waals surface area contributed by atoms with E-state index in [0.29, 0.717) is 16.6 Å². The number of nitriles is 1. The smallest absolute Gasteiger partial charge is 0.0992 e. The molecule has 1 aromatic rings. The molecule has 0 aromatic heterocycles. The van der Waals surface area contributed by atoms with Gasteiger partial charge >= 0.3 is 0 Å².